The van der Waals surface area contributed by atoms with Gasteiger partial charge in [0.05, 0.1) is 16.2 Å². The number of alkyl carbamates (subject to hydrolysis) is 1. The first kappa shape index (κ1) is 22.7. The second-order valence-electron chi connectivity index (χ2n) is 9.36. The highest BCUT2D eigenvalue weighted by molar-refractivity contribution is 6.43. The Labute approximate surface area is 197 Å². The molecule has 0 spiro atoms. The molecule has 2 aromatic heterocycles. The van der Waals surface area contributed by atoms with Gasteiger partial charge in [0.1, 0.15) is 17.1 Å². The van der Waals surface area contributed by atoms with Crippen LogP contribution in [0.5, 0.6) is 0 Å². The maximum Gasteiger partial charge on any atom is 0.408 e. The number of halogens is 2. The van der Waals surface area contributed by atoms with Crippen LogP contribution < -0.4 is 10.2 Å². The van der Waals surface area contributed by atoms with Gasteiger partial charge in [0.15, 0.2) is 5.65 Å². The van der Waals surface area contributed by atoms with Gasteiger partial charge in [0.25, 0.3) is 0 Å². The van der Waals surface area contributed by atoms with Crippen molar-refractivity contribution < 1.29 is 9.53 Å². The number of amides is 1. The van der Waals surface area contributed by atoms with Crippen LogP contribution in [0.2, 0.25) is 10.0 Å². The third-order valence-electron chi connectivity index (χ3n) is 5.61. The molecule has 3 aromatic rings. The number of benzene rings is 1. The van der Waals surface area contributed by atoms with Gasteiger partial charge in [-0.05, 0) is 46.6 Å². The predicted molar refractivity (Wildman–Crippen MR) is 128 cm³/mol. The highest BCUT2D eigenvalue weighted by Gasteiger charge is 2.34. The van der Waals surface area contributed by atoms with Crippen LogP contribution in [-0.2, 0) is 4.74 Å². The average Bonchev–Trinajstić information content (AvgIpc) is 3.18. The Kier molecular flexibility index (Phi) is 5.98. The summed E-state index contributed by atoms with van der Waals surface area (Å²) in [5.41, 5.74) is 1.29. The molecular formula is C23H27Cl2N5O2. The molecule has 7 nitrogen and oxygen atoms in total. The van der Waals surface area contributed by atoms with Gasteiger partial charge in [-0.25, -0.2) is 14.8 Å². The summed E-state index contributed by atoms with van der Waals surface area (Å²) in [7, 11) is 0. The van der Waals surface area contributed by atoms with Crippen molar-refractivity contribution in [2.24, 2.45) is 0 Å². The van der Waals surface area contributed by atoms with Gasteiger partial charge in [-0.15, -0.1) is 0 Å². The summed E-state index contributed by atoms with van der Waals surface area (Å²) in [6.07, 6.45) is 6.69. The van der Waals surface area contributed by atoms with Crippen molar-refractivity contribution in [3.63, 3.8) is 0 Å². The summed E-state index contributed by atoms with van der Waals surface area (Å²) < 4.78 is 7.45. The number of anilines is 1. The van der Waals surface area contributed by atoms with E-state index in [1.807, 2.05) is 49.7 Å². The number of hydrogen-bond donors (Lipinski definition) is 1. The number of hydrogen-bond acceptors (Lipinski definition) is 5. The Bertz CT molecular complexity index is 1150. The number of piperidine rings is 1. The van der Waals surface area contributed by atoms with Crippen molar-refractivity contribution in [1.29, 1.82) is 0 Å². The van der Waals surface area contributed by atoms with Crippen LogP contribution in [0, 0.1) is 0 Å². The molecule has 1 aliphatic rings. The predicted octanol–water partition coefficient (Wildman–Crippen LogP) is 5.59. The van der Waals surface area contributed by atoms with E-state index in [1.165, 1.54) is 0 Å². The lowest BCUT2D eigenvalue weighted by molar-refractivity contribution is 0.0448. The highest BCUT2D eigenvalue weighted by atomic mass is 35.5. The number of carbonyl (C=O) groups excluding carboxylic acids is 1. The molecular weight excluding hydrogens is 449 g/mol. The van der Waals surface area contributed by atoms with Crippen LogP contribution in [0.15, 0.2) is 36.8 Å². The maximum absolute atomic E-state index is 12.3. The van der Waals surface area contributed by atoms with E-state index in [0.717, 1.165) is 37.3 Å². The zero-order valence-electron chi connectivity index (χ0n) is 18.7. The molecule has 0 atom stereocenters. The van der Waals surface area contributed by atoms with E-state index in [1.54, 1.807) is 12.3 Å². The van der Waals surface area contributed by atoms with E-state index >= 15 is 0 Å². The molecule has 1 aliphatic heterocycles. The van der Waals surface area contributed by atoms with Crippen molar-refractivity contribution in [2.75, 3.05) is 18.0 Å². The second kappa shape index (κ2) is 8.45. The Morgan fingerprint density at radius 3 is 2.59 bits per heavy atom. The van der Waals surface area contributed by atoms with Gasteiger partial charge >= 0.3 is 6.09 Å². The van der Waals surface area contributed by atoms with E-state index in [4.69, 9.17) is 32.9 Å². The van der Waals surface area contributed by atoms with Gasteiger partial charge in [0.2, 0.25) is 0 Å². The largest absolute Gasteiger partial charge is 0.444 e. The molecule has 32 heavy (non-hydrogen) atoms. The molecule has 0 unspecified atom stereocenters. The monoisotopic (exact) mass is 475 g/mol. The lowest BCUT2D eigenvalue weighted by Gasteiger charge is -2.41. The fourth-order valence-corrected chi connectivity index (χ4v) is 4.31. The first-order valence-electron chi connectivity index (χ1n) is 10.6. The molecule has 1 aromatic carbocycles. The van der Waals surface area contributed by atoms with Gasteiger partial charge in [-0.3, -0.25) is 4.40 Å². The number of rotatable bonds is 3. The van der Waals surface area contributed by atoms with Gasteiger partial charge in [-0.2, -0.15) is 0 Å². The molecule has 1 N–H and O–H groups in total. The molecule has 1 saturated heterocycles. The molecule has 170 valence electrons. The van der Waals surface area contributed by atoms with Crippen LogP contribution in [0.1, 0.15) is 40.5 Å². The van der Waals surface area contributed by atoms with E-state index in [0.29, 0.717) is 21.4 Å². The molecule has 0 bridgehead atoms. The third-order valence-corrected chi connectivity index (χ3v) is 6.43. The number of aromatic nitrogens is 3. The number of nitrogens with zero attached hydrogens (tertiary/aromatic N) is 4. The van der Waals surface area contributed by atoms with Gasteiger partial charge in [-0.1, -0.05) is 35.3 Å². The van der Waals surface area contributed by atoms with Crippen molar-refractivity contribution in [2.45, 2.75) is 51.7 Å². The number of fused-ring (bicyclic) bond motifs is 1. The van der Waals surface area contributed by atoms with Crippen molar-refractivity contribution in [3.05, 3.63) is 46.8 Å². The molecule has 0 radical (unpaired) electrons. The minimum absolute atomic E-state index is 0.325. The number of ether oxygens (including phenoxy) is 1. The maximum atomic E-state index is 12.3. The van der Waals surface area contributed by atoms with E-state index in [2.05, 4.69) is 22.1 Å². The average molecular weight is 476 g/mol. The zero-order chi connectivity index (χ0) is 23.1. The summed E-state index contributed by atoms with van der Waals surface area (Å²) >= 11 is 12.6. The number of imidazole rings is 1. The van der Waals surface area contributed by atoms with Crippen LogP contribution in [0.3, 0.4) is 0 Å². The lowest BCUT2D eigenvalue weighted by Crippen LogP contribution is -2.54. The highest BCUT2D eigenvalue weighted by Crippen LogP contribution is 2.35. The van der Waals surface area contributed by atoms with Crippen molar-refractivity contribution in [3.8, 4) is 11.3 Å². The molecule has 1 fully saturated rings. The number of carbonyl (C=O) groups is 1. The Morgan fingerprint density at radius 1 is 1.19 bits per heavy atom. The molecule has 3 heterocycles. The topological polar surface area (TPSA) is 71.8 Å². The van der Waals surface area contributed by atoms with Gasteiger partial charge < -0.3 is 15.0 Å². The van der Waals surface area contributed by atoms with Gasteiger partial charge in [0, 0.05) is 36.6 Å². The summed E-state index contributed by atoms with van der Waals surface area (Å²) in [6, 6.07) is 5.49. The molecule has 0 saturated carbocycles. The quantitative estimate of drug-likeness (QED) is 0.534. The normalized spacial score (nSPS) is 16.2. The van der Waals surface area contributed by atoms with Crippen LogP contribution in [0.25, 0.3) is 16.9 Å². The van der Waals surface area contributed by atoms with Crippen molar-refractivity contribution >= 4 is 40.8 Å². The summed E-state index contributed by atoms with van der Waals surface area (Å²) in [6.45, 7) is 9.17. The second-order valence-corrected chi connectivity index (χ2v) is 10.1. The first-order valence-corrected chi connectivity index (χ1v) is 11.3. The van der Waals surface area contributed by atoms with E-state index in [9.17, 15) is 4.79 Å². The minimum atomic E-state index is -0.520. The van der Waals surface area contributed by atoms with E-state index < -0.39 is 5.60 Å². The molecule has 9 heteroatoms. The first-order chi connectivity index (χ1) is 15.1. The summed E-state index contributed by atoms with van der Waals surface area (Å²) in [5, 5.41) is 3.99. The minimum Gasteiger partial charge on any atom is -0.444 e. The lowest BCUT2D eigenvalue weighted by atomic mass is 9.90. The van der Waals surface area contributed by atoms with Crippen LogP contribution in [0.4, 0.5) is 10.6 Å². The summed E-state index contributed by atoms with van der Waals surface area (Å²) in [5.74, 6) is 0.943. The standard InChI is InChI=1S/C23H27Cl2N5O2/c1-22(2,3)32-21(31)28-23(4)8-11-29(12-9-23)17-14-27-19(20-26-10-13-30(17)20)15-6-5-7-16(24)18(15)25/h5-7,10,13-14H,8-9,11-12H2,1-4H3,(H,28,31). The number of nitrogens with one attached hydrogen (secondary N) is 1. The molecule has 0 aliphatic carbocycles. The fourth-order valence-electron chi connectivity index (χ4n) is 3.92. The third kappa shape index (κ3) is 4.64. The summed E-state index contributed by atoms with van der Waals surface area (Å²) in [4.78, 5) is 23.7. The Morgan fingerprint density at radius 2 is 1.91 bits per heavy atom. The van der Waals surface area contributed by atoms with E-state index in [-0.39, 0.29) is 11.6 Å². The SMILES string of the molecule is CC1(NC(=O)OC(C)(C)C)CCN(c2cnc(-c3cccc(Cl)c3Cl)c3nccn23)CC1. The van der Waals surface area contributed by atoms with Crippen LogP contribution >= 0.6 is 23.2 Å². The smallest absolute Gasteiger partial charge is 0.408 e. The molecule has 1 amide bonds. The Balaban J connectivity index is 1.54. The van der Waals surface area contributed by atoms with Crippen molar-refractivity contribution in [1.82, 2.24) is 19.7 Å². The zero-order valence-corrected chi connectivity index (χ0v) is 20.2. The van der Waals surface area contributed by atoms with Crippen LogP contribution in [-0.4, -0.2) is 44.7 Å². The Hall–Kier alpha value is -2.51. The molecule has 4 rings (SSSR count). The fraction of sp³-hybridized carbons (Fsp3) is 0.435.